The molecule has 0 amide bonds. The molecule has 2 nitrogen and oxygen atoms in total. The van der Waals surface area contributed by atoms with Gasteiger partial charge in [0.05, 0.1) is 0 Å². The molecule has 2 N–H and O–H groups in total. The van der Waals surface area contributed by atoms with Crippen molar-refractivity contribution in [2.45, 2.75) is 58.9 Å². The first-order valence-corrected chi connectivity index (χ1v) is 7.43. The van der Waals surface area contributed by atoms with Crippen LogP contribution in [0.2, 0.25) is 0 Å². The van der Waals surface area contributed by atoms with Gasteiger partial charge in [0, 0.05) is 12.6 Å². The van der Waals surface area contributed by atoms with Crippen LogP contribution in [-0.4, -0.2) is 30.6 Å². The van der Waals surface area contributed by atoms with Crippen LogP contribution in [0.1, 0.15) is 52.9 Å². The minimum atomic E-state index is 0.493. The number of rotatable bonds is 2. The molecule has 1 saturated heterocycles. The summed E-state index contributed by atoms with van der Waals surface area (Å²) in [5.74, 6) is 1.81. The van der Waals surface area contributed by atoms with Gasteiger partial charge in [0.15, 0.2) is 0 Å². The van der Waals surface area contributed by atoms with Crippen molar-refractivity contribution < 1.29 is 0 Å². The maximum Gasteiger partial charge on any atom is 0.00420 e. The summed E-state index contributed by atoms with van der Waals surface area (Å²) < 4.78 is 0. The summed E-state index contributed by atoms with van der Waals surface area (Å²) in [6.45, 7) is 11.1. The van der Waals surface area contributed by atoms with Crippen LogP contribution in [0.15, 0.2) is 0 Å². The molecule has 2 heteroatoms. The fourth-order valence-electron chi connectivity index (χ4n) is 3.63. The molecule has 0 radical (unpaired) electrons. The van der Waals surface area contributed by atoms with Gasteiger partial charge in [0.1, 0.15) is 0 Å². The van der Waals surface area contributed by atoms with E-state index in [1.54, 1.807) is 0 Å². The lowest BCUT2D eigenvalue weighted by Gasteiger charge is -2.39. The van der Waals surface area contributed by atoms with Gasteiger partial charge in [-0.05, 0) is 62.4 Å². The summed E-state index contributed by atoms with van der Waals surface area (Å²) in [6.07, 6.45) is 6.66. The van der Waals surface area contributed by atoms with E-state index in [0.29, 0.717) is 11.5 Å². The standard InChI is InChI=1S/C15H30N2/c1-15(2,3)13-6-8-17(9-7-13)11-12-4-5-14(16)10-12/h12-14H,4-11,16H2,1-3H3. The molecule has 2 rings (SSSR count). The molecule has 1 aliphatic carbocycles. The fraction of sp³-hybridized carbons (Fsp3) is 1.00. The van der Waals surface area contributed by atoms with E-state index < -0.39 is 0 Å². The highest BCUT2D eigenvalue weighted by Gasteiger charge is 2.30. The highest BCUT2D eigenvalue weighted by Crippen LogP contribution is 2.35. The average Bonchev–Trinajstić information content (AvgIpc) is 2.63. The Bertz CT molecular complexity index is 236. The van der Waals surface area contributed by atoms with Gasteiger partial charge in [-0.15, -0.1) is 0 Å². The third-order valence-corrected chi connectivity index (χ3v) is 4.91. The molecule has 0 spiro atoms. The molecule has 0 aromatic heterocycles. The van der Waals surface area contributed by atoms with E-state index in [9.17, 15) is 0 Å². The maximum absolute atomic E-state index is 5.99. The Hall–Kier alpha value is -0.0800. The van der Waals surface area contributed by atoms with Crippen LogP contribution in [0.25, 0.3) is 0 Å². The van der Waals surface area contributed by atoms with Crippen molar-refractivity contribution >= 4 is 0 Å². The Morgan fingerprint density at radius 3 is 2.18 bits per heavy atom. The molecule has 1 saturated carbocycles. The predicted octanol–water partition coefficient (Wildman–Crippen LogP) is 2.87. The highest BCUT2D eigenvalue weighted by molar-refractivity contribution is 4.84. The van der Waals surface area contributed by atoms with Crippen LogP contribution in [0.3, 0.4) is 0 Å². The molecule has 1 aliphatic heterocycles. The monoisotopic (exact) mass is 238 g/mol. The Labute approximate surface area is 107 Å². The zero-order chi connectivity index (χ0) is 12.5. The van der Waals surface area contributed by atoms with Crippen molar-refractivity contribution in [3.8, 4) is 0 Å². The number of hydrogen-bond acceptors (Lipinski definition) is 2. The Kier molecular flexibility index (Phi) is 4.14. The minimum absolute atomic E-state index is 0.493. The predicted molar refractivity (Wildman–Crippen MR) is 73.9 cm³/mol. The molecule has 2 atom stereocenters. The van der Waals surface area contributed by atoms with E-state index in [4.69, 9.17) is 5.73 Å². The Morgan fingerprint density at radius 2 is 1.71 bits per heavy atom. The fourth-order valence-corrected chi connectivity index (χ4v) is 3.63. The van der Waals surface area contributed by atoms with Gasteiger partial charge in [0.2, 0.25) is 0 Å². The normalized spacial score (nSPS) is 33.2. The molecule has 0 aromatic carbocycles. The van der Waals surface area contributed by atoms with Crippen molar-refractivity contribution in [1.29, 1.82) is 0 Å². The summed E-state index contributed by atoms with van der Waals surface area (Å²) >= 11 is 0. The molecule has 17 heavy (non-hydrogen) atoms. The summed E-state index contributed by atoms with van der Waals surface area (Å²) in [4.78, 5) is 2.69. The van der Waals surface area contributed by atoms with E-state index in [1.165, 1.54) is 51.7 Å². The first kappa shape index (κ1) is 13.4. The Morgan fingerprint density at radius 1 is 1.06 bits per heavy atom. The lowest BCUT2D eigenvalue weighted by atomic mass is 9.75. The number of nitrogens with two attached hydrogens (primary N) is 1. The van der Waals surface area contributed by atoms with Gasteiger partial charge < -0.3 is 10.6 Å². The maximum atomic E-state index is 5.99. The quantitative estimate of drug-likeness (QED) is 0.801. The first-order valence-electron chi connectivity index (χ1n) is 7.43. The van der Waals surface area contributed by atoms with Crippen molar-refractivity contribution in [1.82, 2.24) is 4.90 Å². The second-order valence-electron chi connectivity index (χ2n) is 7.38. The van der Waals surface area contributed by atoms with E-state index in [-0.39, 0.29) is 0 Å². The van der Waals surface area contributed by atoms with E-state index in [1.807, 2.05) is 0 Å². The van der Waals surface area contributed by atoms with Gasteiger partial charge in [-0.2, -0.15) is 0 Å². The van der Waals surface area contributed by atoms with Crippen LogP contribution in [0.5, 0.6) is 0 Å². The van der Waals surface area contributed by atoms with E-state index in [0.717, 1.165) is 11.8 Å². The molecular weight excluding hydrogens is 208 g/mol. The van der Waals surface area contributed by atoms with Gasteiger partial charge >= 0.3 is 0 Å². The van der Waals surface area contributed by atoms with Gasteiger partial charge in [-0.1, -0.05) is 20.8 Å². The van der Waals surface area contributed by atoms with Crippen LogP contribution >= 0.6 is 0 Å². The van der Waals surface area contributed by atoms with Gasteiger partial charge in [-0.3, -0.25) is 0 Å². The summed E-state index contributed by atoms with van der Waals surface area (Å²) in [6, 6.07) is 0.493. The van der Waals surface area contributed by atoms with Crippen LogP contribution in [0, 0.1) is 17.3 Å². The second-order valence-corrected chi connectivity index (χ2v) is 7.38. The number of nitrogens with zero attached hydrogens (tertiary/aromatic N) is 1. The van der Waals surface area contributed by atoms with Crippen molar-refractivity contribution in [3.05, 3.63) is 0 Å². The lowest BCUT2D eigenvalue weighted by molar-refractivity contribution is 0.101. The molecule has 2 fully saturated rings. The molecular formula is C15H30N2. The van der Waals surface area contributed by atoms with Crippen molar-refractivity contribution in [3.63, 3.8) is 0 Å². The average molecular weight is 238 g/mol. The molecule has 2 unspecified atom stereocenters. The van der Waals surface area contributed by atoms with Crippen LogP contribution in [-0.2, 0) is 0 Å². The molecule has 0 aromatic rings. The minimum Gasteiger partial charge on any atom is -0.328 e. The molecule has 0 bridgehead atoms. The summed E-state index contributed by atoms with van der Waals surface area (Å²) in [5.41, 5.74) is 6.49. The van der Waals surface area contributed by atoms with Crippen LogP contribution < -0.4 is 5.73 Å². The second kappa shape index (κ2) is 5.27. The highest BCUT2D eigenvalue weighted by atomic mass is 15.1. The molecule has 100 valence electrons. The van der Waals surface area contributed by atoms with Gasteiger partial charge in [0.25, 0.3) is 0 Å². The van der Waals surface area contributed by atoms with Crippen molar-refractivity contribution in [2.24, 2.45) is 23.0 Å². The topological polar surface area (TPSA) is 29.3 Å². The zero-order valence-corrected chi connectivity index (χ0v) is 11.9. The molecule has 2 aliphatic rings. The van der Waals surface area contributed by atoms with Gasteiger partial charge in [-0.25, -0.2) is 0 Å². The van der Waals surface area contributed by atoms with E-state index in [2.05, 4.69) is 25.7 Å². The SMILES string of the molecule is CC(C)(C)C1CCN(CC2CCC(N)C2)CC1. The third-order valence-electron chi connectivity index (χ3n) is 4.91. The smallest absolute Gasteiger partial charge is 0.00420 e. The first-order chi connectivity index (χ1) is 7.95. The number of piperidine rings is 1. The van der Waals surface area contributed by atoms with Crippen LogP contribution in [0.4, 0.5) is 0 Å². The number of likely N-dealkylation sites (tertiary alicyclic amines) is 1. The lowest BCUT2D eigenvalue weighted by Crippen LogP contribution is -2.40. The van der Waals surface area contributed by atoms with Crippen molar-refractivity contribution in [2.75, 3.05) is 19.6 Å². The molecule has 1 heterocycles. The Balaban J connectivity index is 1.72. The van der Waals surface area contributed by atoms with E-state index >= 15 is 0 Å². The third kappa shape index (κ3) is 3.69. The largest absolute Gasteiger partial charge is 0.328 e. The number of hydrogen-bond donors (Lipinski definition) is 1. The zero-order valence-electron chi connectivity index (χ0n) is 11.9. The summed E-state index contributed by atoms with van der Waals surface area (Å²) in [5, 5.41) is 0. The summed E-state index contributed by atoms with van der Waals surface area (Å²) in [7, 11) is 0.